The van der Waals surface area contributed by atoms with Gasteiger partial charge >= 0.3 is 0 Å². The summed E-state index contributed by atoms with van der Waals surface area (Å²) < 4.78 is 5.96. The molecule has 1 nitrogen and oxygen atoms in total. The maximum atomic E-state index is 5.96. The first-order valence-corrected chi connectivity index (χ1v) is 9.04. The fourth-order valence-electron chi connectivity index (χ4n) is 1.52. The van der Waals surface area contributed by atoms with Crippen molar-refractivity contribution < 1.29 is 4.43 Å². The fourth-order valence-corrected chi connectivity index (χ4v) is 2.85. The summed E-state index contributed by atoms with van der Waals surface area (Å²) in [5.74, 6) is 0. The van der Waals surface area contributed by atoms with Gasteiger partial charge in [0.1, 0.15) is 0 Å². The summed E-state index contributed by atoms with van der Waals surface area (Å²) >= 11 is 0. The molecule has 0 heterocycles. The fraction of sp³-hybridized carbons (Fsp3) is 1.00. The first kappa shape index (κ1) is 13.2. The molecule has 0 aliphatic carbocycles. The third-order valence-corrected chi connectivity index (χ3v) is 3.13. The minimum atomic E-state index is -1.29. The molecule has 0 rings (SSSR count). The van der Waals surface area contributed by atoms with E-state index < -0.39 is 8.32 Å². The highest BCUT2D eigenvalue weighted by molar-refractivity contribution is 6.69. The Morgan fingerprint density at radius 2 is 1.69 bits per heavy atom. The Balaban J connectivity index is 3.35. The minimum Gasteiger partial charge on any atom is -0.415 e. The summed E-state index contributed by atoms with van der Waals surface area (Å²) in [7, 11) is -1.29. The molecule has 13 heavy (non-hydrogen) atoms. The van der Waals surface area contributed by atoms with Crippen LogP contribution < -0.4 is 0 Å². The van der Waals surface area contributed by atoms with Crippen molar-refractivity contribution in [3.8, 4) is 0 Å². The van der Waals surface area contributed by atoms with Gasteiger partial charge in [0, 0.05) is 6.10 Å². The van der Waals surface area contributed by atoms with Crippen LogP contribution in [0.25, 0.3) is 0 Å². The van der Waals surface area contributed by atoms with Gasteiger partial charge in [-0.05, 0) is 33.0 Å². The van der Waals surface area contributed by atoms with Crippen LogP contribution in [0, 0.1) is 0 Å². The van der Waals surface area contributed by atoms with E-state index in [1.54, 1.807) is 0 Å². The Morgan fingerprint density at radius 1 is 1.08 bits per heavy atom. The highest BCUT2D eigenvalue weighted by Gasteiger charge is 2.17. The lowest BCUT2D eigenvalue weighted by atomic mass is 10.1. The molecule has 0 spiro atoms. The van der Waals surface area contributed by atoms with Crippen molar-refractivity contribution in [3.05, 3.63) is 0 Å². The lowest BCUT2D eigenvalue weighted by Crippen LogP contribution is -2.30. The highest BCUT2D eigenvalue weighted by Crippen LogP contribution is 2.13. The number of rotatable bonds is 7. The summed E-state index contributed by atoms with van der Waals surface area (Å²) in [6.07, 6.45) is 7.12. The van der Waals surface area contributed by atoms with Crippen molar-refractivity contribution >= 4 is 8.32 Å². The predicted octanol–water partition coefficient (Wildman–Crippen LogP) is 4.20. The van der Waals surface area contributed by atoms with Crippen LogP contribution >= 0.6 is 0 Å². The van der Waals surface area contributed by atoms with Crippen LogP contribution in [0.15, 0.2) is 0 Å². The van der Waals surface area contributed by atoms with Crippen LogP contribution in [-0.4, -0.2) is 14.4 Å². The molecule has 1 atom stereocenters. The molecule has 0 bridgehead atoms. The van der Waals surface area contributed by atoms with E-state index in [4.69, 9.17) is 4.43 Å². The lowest BCUT2D eigenvalue weighted by molar-refractivity contribution is 0.199. The first-order valence-electron chi connectivity index (χ1n) is 5.63. The Labute approximate surface area is 85.0 Å². The number of unbranched alkanes of at least 4 members (excludes halogenated alkanes) is 3. The van der Waals surface area contributed by atoms with Crippen molar-refractivity contribution in [2.24, 2.45) is 0 Å². The Bertz CT molecular complexity index is 118. The molecule has 0 fully saturated rings. The number of hydrogen-bond donors (Lipinski definition) is 0. The molecule has 0 aromatic heterocycles. The molecule has 0 aromatic rings. The molecule has 0 aromatic carbocycles. The van der Waals surface area contributed by atoms with Crippen LogP contribution in [0.5, 0.6) is 0 Å². The number of hydrogen-bond acceptors (Lipinski definition) is 1. The van der Waals surface area contributed by atoms with Crippen LogP contribution in [-0.2, 0) is 4.43 Å². The molecular formula is C11H26OSi. The third-order valence-electron chi connectivity index (χ3n) is 2.02. The van der Waals surface area contributed by atoms with Gasteiger partial charge in [0.15, 0.2) is 8.32 Å². The largest absolute Gasteiger partial charge is 0.415 e. The molecule has 0 saturated heterocycles. The zero-order chi connectivity index (χ0) is 10.3. The molecule has 0 unspecified atom stereocenters. The van der Waals surface area contributed by atoms with Gasteiger partial charge in [0.25, 0.3) is 0 Å². The quantitative estimate of drug-likeness (QED) is 0.444. The van der Waals surface area contributed by atoms with Gasteiger partial charge in [-0.15, -0.1) is 0 Å². The topological polar surface area (TPSA) is 9.23 Å². The van der Waals surface area contributed by atoms with Crippen molar-refractivity contribution in [3.63, 3.8) is 0 Å². The Hall–Kier alpha value is 0.177. The molecule has 0 N–H and O–H groups in total. The molecular weight excluding hydrogens is 176 g/mol. The summed E-state index contributed by atoms with van der Waals surface area (Å²) in [4.78, 5) is 0. The van der Waals surface area contributed by atoms with E-state index in [9.17, 15) is 0 Å². The summed E-state index contributed by atoms with van der Waals surface area (Å²) in [5.41, 5.74) is 0. The SMILES string of the molecule is CCCCCC[C@@H](C)O[Si](C)(C)C. The van der Waals surface area contributed by atoms with Crippen molar-refractivity contribution in [2.75, 3.05) is 0 Å². The van der Waals surface area contributed by atoms with Gasteiger partial charge in [0.2, 0.25) is 0 Å². The second kappa shape index (κ2) is 6.60. The van der Waals surface area contributed by atoms with E-state index >= 15 is 0 Å². The minimum absolute atomic E-state index is 0.475. The van der Waals surface area contributed by atoms with E-state index in [1.807, 2.05) is 0 Å². The molecule has 0 aliphatic heterocycles. The molecule has 0 saturated carbocycles. The van der Waals surface area contributed by atoms with Gasteiger partial charge in [-0.25, -0.2) is 0 Å². The van der Waals surface area contributed by atoms with Gasteiger partial charge in [-0.2, -0.15) is 0 Å². The summed E-state index contributed by atoms with van der Waals surface area (Å²) in [5, 5.41) is 0. The van der Waals surface area contributed by atoms with E-state index in [-0.39, 0.29) is 0 Å². The summed E-state index contributed by atoms with van der Waals surface area (Å²) in [6, 6.07) is 0. The molecule has 0 radical (unpaired) electrons. The van der Waals surface area contributed by atoms with Crippen molar-refractivity contribution in [1.82, 2.24) is 0 Å². The van der Waals surface area contributed by atoms with Crippen LogP contribution in [0.2, 0.25) is 19.6 Å². The molecule has 0 aliphatic rings. The van der Waals surface area contributed by atoms with Crippen molar-refractivity contribution in [1.29, 1.82) is 0 Å². The van der Waals surface area contributed by atoms with Crippen molar-refractivity contribution in [2.45, 2.75) is 71.7 Å². The zero-order valence-electron chi connectivity index (χ0n) is 10.0. The van der Waals surface area contributed by atoms with Gasteiger partial charge in [-0.3, -0.25) is 0 Å². The van der Waals surface area contributed by atoms with Crippen LogP contribution in [0.4, 0.5) is 0 Å². The Kier molecular flexibility index (Phi) is 6.69. The molecule has 0 amide bonds. The van der Waals surface area contributed by atoms with E-state index in [0.29, 0.717) is 6.10 Å². The maximum absolute atomic E-state index is 5.96. The lowest BCUT2D eigenvalue weighted by Gasteiger charge is -2.23. The zero-order valence-corrected chi connectivity index (χ0v) is 11.0. The smallest absolute Gasteiger partial charge is 0.184 e. The van der Waals surface area contributed by atoms with Gasteiger partial charge in [-0.1, -0.05) is 32.6 Å². The second-order valence-corrected chi connectivity index (χ2v) is 9.35. The molecule has 2 heteroatoms. The average molecular weight is 202 g/mol. The molecule has 80 valence electrons. The van der Waals surface area contributed by atoms with Crippen LogP contribution in [0.3, 0.4) is 0 Å². The average Bonchev–Trinajstić information content (AvgIpc) is 1.94. The van der Waals surface area contributed by atoms with Crippen LogP contribution in [0.1, 0.15) is 46.0 Å². The normalized spacial score (nSPS) is 14.5. The van der Waals surface area contributed by atoms with E-state index in [2.05, 4.69) is 33.5 Å². The monoisotopic (exact) mass is 202 g/mol. The third kappa shape index (κ3) is 10.1. The highest BCUT2D eigenvalue weighted by atomic mass is 28.4. The predicted molar refractivity (Wildman–Crippen MR) is 62.7 cm³/mol. The standard InChI is InChI=1S/C11H26OSi/c1-6-7-8-9-10-11(2)12-13(3,4)5/h11H,6-10H2,1-5H3/t11-/m1/s1. The summed E-state index contributed by atoms with van der Waals surface area (Å²) in [6.45, 7) is 11.2. The Morgan fingerprint density at radius 3 is 2.15 bits per heavy atom. The maximum Gasteiger partial charge on any atom is 0.184 e. The second-order valence-electron chi connectivity index (χ2n) is 4.89. The van der Waals surface area contributed by atoms with Gasteiger partial charge < -0.3 is 4.43 Å². The van der Waals surface area contributed by atoms with E-state index in [0.717, 1.165) is 0 Å². The first-order chi connectivity index (χ1) is 5.95. The van der Waals surface area contributed by atoms with E-state index in [1.165, 1.54) is 32.1 Å². The van der Waals surface area contributed by atoms with Gasteiger partial charge in [0.05, 0.1) is 0 Å².